The van der Waals surface area contributed by atoms with Crippen LogP contribution in [0.15, 0.2) is 69.9 Å². The number of aliphatic hydroxyl groups excluding tert-OH is 1. The molecule has 8 heteroatoms. The number of aromatic hydroxyl groups is 2. The Morgan fingerprint density at radius 2 is 1.83 bits per heavy atom. The minimum absolute atomic E-state index is 0.0202. The molecule has 4 aromatic rings. The fourth-order valence-corrected chi connectivity index (χ4v) is 5.21. The Balaban J connectivity index is 1.66. The minimum Gasteiger partial charge on any atom is -0.507 e. The number of nitrogens with zero attached hydrogens (tertiary/aromatic N) is 1. The topological polar surface area (TPSA) is 103 Å². The Morgan fingerprint density at radius 1 is 1.09 bits per heavy atom. The number of aliphatic hydroxyl groups is 1. The average Bonchev–Trinajstić information content (AvgIpc) is 3.27. The SMILES string of the molecule is COc1ccc(N2CC[C@@H](c3c(O)cc(O)c4c(=O)cc(-c5ccccc5Cl)oc34)[C@@H]2CO)cc1. The second-order valence-electron chi connectivity index (χ2n) is 8.52. The van der Waals surface area contributed by atoms with Crippen molar-refractivity contribution in [3.63, 3.8) is 0 Å². The van der Waals surface area contributed by atoms with E-state index in [1.807, 2.05) is 24.3 Å². The number of ether oxygens (including phenoxy) is 1. The lowest BCUT2D eigenvalue weighted by Gasteiger charge is -2.29. The molecule has 2 atom stereocenters. The highest BCUT2D eigenvalue weighted by Crippen LogP contribution is 2.46. The molecule has 180 valence electrons. The van der Waals surface area contributed by atoms with Crippen molar-refractivity contribution in [1.82, 2.24) is 0 Å². The molecule has 3 aromatic carbocycles. The molecule has 0 amide bonds. The van der Waals surface area contributed by atoms with Gasteiger partial charge in [-0.15, -0.1) is 0 Å². The van der Waals surface area contributed by atoms with Crippen molar-refractivity contribution in [3.05, 3.63) is 81.5 Å². The van der Waals surface area contributed by atoms with Crippen molar-refractivity contribution in [2.75, 3.05) is 25.2 Å². The normalized spacial score (nSPS) is 17.7. The molecule has 0 radical (unpaired) electrons. The third-order valence-corrected chi connectivity index (χ3v) is 6.97. The molecule has 3 N–H and O–H groups in total. The van der Waals surface area contributed by atoms with Crippen molar-refractivity contribution in [2.24, 2.45) is 0 Å². The van der Waals surface area contributed by atoms with Gasteiger partial charge in [0, 0.05) is 41.4 Å². The molecule has 1 saturated heterocycles. The Hall–Kier alpha value is -3.68. The Morgan fingerprint density at radius 3 is 2.51 bits per heavy atom. The number of rotatable bonds is 5. The van der Waals surface area contributed by atoms with Gasteiger partial charge < -0.3 is 29.4 Å². The van der Waals surface area contributed by atoms with Gasteiger partial charge in [0.15, 0.2) is 5.43 Å². The maximum Gasteiger partial charge on any atom is 0.197 e. The van der Waals surface area contributed by atoms with E-state index in [1.54, 1.807) is 31.4 Å². The first-order valence-corrected chi connectivity index (χ1v) is 11.6. The van der Waals surface area contributed by atoms with Crippen LogP contribution in [0.1, 0.15) is 17.9 Å². The summed E-state index contributed by atoms with van der Waals surface area (Å²) in [6.45, 7) is 0.422. The van der Waals surface area contributed by atoms with Gasteiger partial charge in [-0.3, -0.25) is 4.79 Å². The van der Waals surface area contributed by atoms with Crippen LogP contribution in [-0.2, 0) is 0 Å². The summed E-state index contributed by atoms with van der Waals surface area (Å²) < 4.78 is 11.4. The Kier molecular flexibility index (Phi) is 6.05. The van der Waals surface area contributed by atoms with Crippen molar-refractivity contribution in [2.45, 2.75) is 18.4 Å². The van der Waals surface area contributed by atoms with Crippen molar-refractivity contribution >= 4 is 28.3 Å². The van der Waals surface area contributed by atoms with E-state index in [4.69, 9.17) is 20.8 Å². The van der Waals surface area contributed by atoms with Crippen LogP contribution in [0.2, 0.25) is 5.02 Å². The summed E-state index contributed by atoms with van der Waals surface area (Å²) in [6, 6.07) is 16.5. The van der Waals surface area contributed by atoms with Crippen LogP contribution in [0.3, 0.4) is 0 Å². The number of methoxy groups -OCH3 is 1. The van der Waals surface area contributed by atoms with E-state index in [1.165, 1.54) is 6.07 Å². The van der Waals surface area contributed by atoms with Crippen molar-refractivity contribution in [3.8, 4) is 28.6 Å². The predicted octanol–water partition coefficient (Wildman–Crippen LogP) is 4.89. The second-order valence-corrected chi connectivity index (χ2v) is 8.93. The van der Waals surface area contributed by atoms with Crippen LogP contribution in [0.25, 0.3) is 22.3 Å². The molecule has 0 saturated carbocycles. The van der Waals surface area contributed by atoms with Gasteiger partial charge in [-0.2, -0.15) is 0 Å². The van der Waals surface area contributed by atoms with Gasteiger partial charge in [0.1, 0.15) is 34.0 Å². The number of phenols is 2. The van der Waals surface area contributed by atoms with Crippen molar-refractivity contribution in [1.29, 1.82) is 0 Å². The third kappa shape index (κ3) is 3.96. The molecular formula is C27H24ClNO6. The minimum atomic E-state index is -0.453. The average molecular weight is 494 g/mol. The summed E-state index contributed by atoms with van der Waals surface area (Å²) in [5.41, 5.74) is 1.43. The van der Waals surface area contributed by atoms with E-state index < -0.39 is 11.5 Å². The lowest BCUT2D eigenvalue weighted by molar-refractivity contribution is 0.256. The van der Waals surface area contributed by atoms with Gasteiger partial charge in [-0.05, 0) is 42.8 Å². The number of hydrogen-bond acceptors (Lipinski definition) is 7. The number of phenolic OH excluding ortho intramolecular Hbond substituents is 2. The first kappa shape index (κ1) is 23.1. The van der Waals surface area contributed by atoms with E-state index in [9.17, 15) is 20.1 Å². The van der Waals surface area contributed by atoms with Gasteiger partial charge in [-0.25, -0.2) is 0 Å². The first-order valence-electron chi connectivity index (χ1n) is 11.2. The molecule has 7 nitrogen and oxygen atoms in total. The summed E-state index contributed by atoms with van der Waals surface area (Å²) in [6.07, 6.45) is 0.588. The smallest absolute Gasteiger partial charge is 0.197 e. The lowest BCUT2D eigenvalue weighted by atomic mass is 9.89. The summed E-state index contributed by atoms with van der Waals surface area (Å²) in [4.78, 5) is 15.1. The van der Waals surface area contributed by atoms with Gasteiger partial charge in [0.2, 0.25) is 0 Å². The maximum atomic E-state index is 13.1. The van der Waals surface area contributed by atoms with Crippen LogP contribution < -0.4 is 15.1 Å². The summed E-state index contributed by atoms with van der Waals surface area (Å²) in [5.74, 6) is 0.0154. The zero-order valence-corrected chi connectivity index (χ0v) is 19.7. The summed E-state index contributed by atoms with van der Waals surface area (Å²) >= 11 is 6.34. The lowest BCUT2D eigenvalue weighted by Crippen LogP contribution is -2.35. The number of fused-ring (bicyclic) bond motifs is 1. The predicted molar refractivity (Wildman–Crippen MR) is 135 cm³/mol. The molecule has 2 heterocycles. The second kappa shape index (κ2) is 9.17. The van der Waals surface area contributed by atoms with Gasteiger partial charge in [-0.1, -0.05) is 23.7 Å². The fourth-order valence-electron chi connectivity index (χ4n) is 4.98. The van der Waals surface area contributed by atoms with Crippen LogP contribution in [-0.4, -0.2) is 41.6 Å². The van der Waals surface area contributed by atoms with Crippen LogP contribution in [0.5, 0.6) is 17.2 Å². The monoisotopic (exact) mass is 493 g/mol. The number of benzene rings is 3. The number of hydrogen-bond donors (Lipinski definition) is 3. The molecule has 35 heavy (non-hydrogen) atoms. The van der Waals surface area contributed by atoms with Crippen LogP contribution in [0.4, 0.5) is 5.69 Å². The van der Waals surface area contributed by atoms with Crippen LogP contribution in [0, 0.1) is 0 Å². The van der Waals surface area contributed by atoms with E-state index >= 15 is 0 Å². The molecule has 1 aliphatic heterocycles. The van der Waals surface area contributed by atoms with Crippen molar-refractivity contribution < 1.29 is 24.5 Å². The highest BCUT2D eigenvalue weighted by molar-refractivity contribution is 6.33. The number of anilines is 1. The number of halogens is 1. The van der Waals surface area contributed by atoms with E-state index in [0.717, 1.165) is 17.5 Å². The molecule has 0 unspecified atom stereocenters. The molecule has 1 aliphatic rings. The molecule has 0 bridgehead atoms. The highest BCUT2D eigenvalue weighted by Gasteiger charge is 2.38. The summed E-state index contributed by atoms with van der Waals surface area (Å²) in [5, 5.41) is 32.2. The molecule has 0 aliphatic carbocycles. The quantitative estimate of drug-likeness (QED) is 0.363. The van der Waals surface area contributed by atoms with E-state index in [0.29, 0.717) is 29.1 Å². The van der Waals surface area contributed by atoms with Crippen LogP contribution >= 0.6 is 11.6 Å². The maximum absolute atomic E-state index is 13.1. The van der Waals surface area contributed by atoms with Gasteiger partial charge in [0.25, 0.3) is 0 Å². The van der Waals surface area contributed by atoms with E-state index in [2.05, 4.69) is 4.90 Å². The molecule has 5 rings (SSSR count). The molecule has 0 spiro atoms. The largest absolute Gasteiger partial charge is 0.507 e. The molecule has 1 fully saturated rings. The Labute approximate surface area is 206 Å². The third-order valence-electron chi connectivity index (χ3n) is 6.64. The zero-order valence-electron chi connectivity index (χ0n) is 18.9. The highest BCUT2D eigenvalue weighted by atomic mass is 35.5. The Bertz CT molecular complexity index is 1450. The zero-order chi connectivity index (χ0) is 24.7. The molecule has 1 aromatic heterocycles. The standard InChI is InChI=1S/C27H24ClNO6/c1-34-16-8-6-15(7-9-16)29-11-10-18(20(29)14-30)25-21(31)12-22(32)26-23(33)13-24(35-27(25)26)17-4-2-3-5-19(17)28/h2-9,12-13,18,20,30-32H,10-11,14H2,1H3/t18-,20+/m1/s1. The van der Waals surface area contributed by atoms with E-state index in [-0.39, 0.29) is 40.8 Å². The summed E-state index contributed by atoms with van der Waals surface area (Å²) in [7, 11) is 1.60. The first-order chi connectivity index (χ1) is 16.9. The van der Waals surface area contributed by atoms with Gasteiger partial charge in [0.05, 0.1) is 24.8 Å². The fraction of sp³-hybridized carbons (Fsp3) is 0.222. The van der Waals surface area contributed by atoms with Gasteiger partial charge >= 0.3 is 0 Å². The molecular weight excluding hydrogens is 470 g/mol.